The third-order valence-corrected chi connectivity index (χ3v) is 5.98. The number of hydrogen-bond donors (Lipinski definition) is 0. The van der Waals surface area contributed by atoms with Crippen LogP contribution in [0.4, 0.5) is 0 Å². The number of amides is 1. The van der Waals surface area contributed by atoms with Crippen LogP contribution in [0.1, 0.15) is 36.9 Å². The molecule has 2 aliphatic heterocycles. The van der Waals surface area contributed by atoms with Gasteiger partial charge in [0, 0.05) is 51.6 Å². The number of carbonyl (C=O) groups excluding carboxylic acids is 1. The molecule has 1 amide bonds. The minimum atomic E-state index is 0.0616. The number of aryl methyl sites for hydroxylation is 2. The van der Waals surface area contributed by atoms with Crippen LogP contribution in [-0.2, 0) is 24.2 Å². The van der Waals surface area contributed by atoms with Crippen LogP contribution in [0, 0.1) is 11.8 Å². The van der Waals surface area contributed by atoms with Crippen molar-refractivity contribution in [3.05, 3.63) is 27.7 Å². The van der Waals surface area contributed by atoms with E-state index in [-0.39, 0.29) is 11.5 Å². The smallest absolute Gasteiger partial charge is 0.267 e. The summed E-state index contributed by atoms with van der Waals surface area (Å²) in [5.41, 5.74) is 2.36. The Morgan fingerprint density at radius 3 is 2.64 bits per heavy atom. The number of fused-ring (bicyclic) bond motifs is 1. The SMILES string of the molecule is CN1CC(CN2CC(Cn3nc4c(cc3=O)CCCC4)C2)CCC1=O. The van der Waals surface area contributed by atoms with Gasteiger partial charge in [-0.2, -0.15) is 5.10 Å². The Morgan fingerprint density at radius 2 is 1.84 bits per heavy atom. The van der Waals surface area contributed by atoms with Crippen molar-refractivity contribution in [1.82, 2.24) is 19.6 Å². The molecule has 4 rings (SSSR count). The lowest BCUT2D eigenvalue weighted by molar-refractivity contribution is -0.133. The van der Waals surface area contributed by atoms with E-state index in [0.29, 0.717) is 18.3 Å². The molecule has 3 aliphatic rings. The number of likely N-dealkylation sites (tertiary alicyclic amines) is 2. The molecule has 0 aromatic carbocycles. The van der Waals surface area contributed by atoms with E-state index in [9.17, 15) is 9.59 Å². The van der Waals surface area contributed by atoms with Crippen LogP contribution < -0.4 is 5.56 Å². The Hall–Kier alpha value is -1.69. The van der Waals surface area contributed by atoms with Gasteiger partial charge < -0.3 is 9.80 Å². The molecule has 0 N–H and O–H groups in total. The summed E-state index contributed by atoms with van der Waals surface area (Å²) in [6, 6.07) is 1.81. The molecular formula is C19H28N4O2. The summed E-state index contributed by atoms with van der Waals surface area (Å²) in [6.45, 7) is 4.77. The molecule has 1 aromatic rings. The third kappa shape index (κ3) is 3.64. The molecule has 1 aromatic heterocycles. The van der Waals surface area contributed by atoms with E-state index in [4.69, 9.17) is 0 Å². The highest BCUT2D eigenvalue weighted by molar-refractivity contribution is 5.76. The third-order valence-electron chi connectivity index (χ3n) is 5.98. The van der Waals surface area contributed by atoms with Crippen LogP contribution >= 0.6 is 0 Å². The number of hydrogen-bond acceptors (Lipinski definition) is 4. The lowest BCUT2D eigenvalue weighted by Crippen LogP contribution is -2.53. The second kappa shape index (κ2) is 6.90. The highest BCUT2D eigenvalue weighted by atomic mass is 16.2. The van der Waals surface area contributed by atoms with Crippen molar-refractivity contribution < 1.29 is 4.79 Å². The van der Waals surface area contributed by atoms with Gasteiger partial charge in [-0.05, 0) is 43.6 Å². The summed E-state index contributed by atoms with van der Waals surface area (Å²) in [5, 5.41) is 4.64. The molecule has 0 radical (unpaired) electrons. The summed E-state index contributed by atoms with van der Waals surface area (Å²) < 4.78 is 1.69. The van der Waals surface area contributed by atoms with Crippen molar-refractivity contribution >= 4 is 5.91 Å². The van der Waals surface area contributed by atoms with Gasteiger partial charge in [0.2, 0.25) is 5.91 Å². The lowest BCUT2D eigenvalue weighted by Gasteiger charge is -2.42. The average Bonchev–Trinajstić information content (AvgIpc) is 2.56. The average molecular weight is 344 g/mol. The predicted octanol–water partition coefficient (Wildman–Crippen LogP) is 0.922. The van der Waals surface area contributed by atoms with Gasteiger partial charge in [-0.3, -0.25) is 9.59 Å². The van der Waals surface area contributed by atoms with Crippen molar-refractivity contribution in [1.29, 1.82) is 0 Å². The Morgan fingerprint density at radius 1 is 1.04 bits per heavy atom. The molecule has 0 saturated carbocycles. The number of nitrogens with zero attached hydrogens (tertiary/aromatic N) is 4. The second-order valence-corrected chi connectivity index (χ2v) is 8.11. The summed E-state index contributed by atoms with van der Waals surface area (Å²) in [7, 11) is 1.90. The first kappa shape index (κ1) is 16.8. The quantitative estimate of drug-likeness (QED) is 0.815. The summed E-state index contributed by atoms with van der Waals surface area (Å²) in [4.78, 5) is 28.2. The first-order valence-electron chi connectivity index (χ1n) is 9.64. The number of aromatic nitrogens is 2. The monoisotopic (exact) mass is 344 g/mol. The van der Waals surface area contributed by atoms with Gasteiger partial charge in [-0.1, -0.05) is 0 Å². The first-order chi connectivity index (χ1) is 12.1. The van der Waals surface area contributed by atoms with Gasteiger partial charge >= 0.3 is 0 Å². The van der Waals surface area contributed by atoms with E-state index in [0.717, 1.165) is 57.7 Å². The molecule has 2 fully saturated rings. The largest absolute Gasteiger partial charge is 0.345 e. The van der Waals surface area contributed by atoms with Crippen molar-refractivity contribution in [3.63, 3.8) is 0 Å². The number of carbonyl (C=O) groups is 1. The summed E-state index contributed by atoms with van der Waals surface area (Å²) >= 11 is 0. The summed E-state index contributed by atoms with van der Waals surface area (Å²) in [6.07, 6.45) is 6.09. The molecular weight excluding hydrogens is 316 g/mol. The highest BCUT2D eigenvalue weighted by Crippen LogP contribution is 2.23. The summed E-state index contributed by atoms with van der Waals surface area (Å²) in [5.74, 6) is 1.39. The van der Waals surface area contributed by atoms with Crippen LogP contribution in [0.25, 0.3) is 0 Å². The molecule has 3 heterocycles. The zero-order valence-corrected chi connectivity index (χ0v) is 15.1. The zero-order chi connectivity index (χ0) is 17.4. The first-order valence-corrected chi connectivity index (χ1v) is 9.64. The van der Waals surface area contributed by atoms with Crippen molar-refractivity contribution in [2.24, 2.45) is 11.8 Å². The molecule has 6 nitrogen and oxygen atoms in total. The molecule has 2 saturated heterocycles. The fourth-order valence-corrected chi connectivity index (χ4v) is 4.53. The van der Waals surface area contributed by atoms with Gasteiger partial charge in [-0.25, -0.2) is 4.68 Å². The predicted molar refractivity (Wildman–Crippen MR) is 95.4 cm³/mol. The highest BCUT2D eigenvalue weighted by Gasteiger charge is 2.31. The molecule has 136 valence electrons. The molecule has 0 spiro atoms. The number of rotatable bonds is 4. The Kier molecular flexibility index (Phi) is 4.63. The van der Waals surface area contributed by atoms with Crippen LogP contribution in [0.15, 0.2) is 10.9 Å². The van der Waals surface area contributed by atoms with Gasteiger partial charge in [0.25, 0.3) is 5.56 Å². The van der Waals surface area contributed by atoms with Gasteiger partial charge in [-0.15, -0.1) is 0 Å². The zero-order valence-electron chi connectivity index (χ0n) is 15.1. The molecule has 25 heavy (non-hydrogen) atoms. The maximum Gasteiger partial charge on any atom is 0.267 e. The normalized spacial score (nSPS) is 24.9. The van der Waals surface area contributed by atoms with E-state index in [1.54, 1.807) is 4.68 Å². The second-order valence-electron chi connectivity index (χ2n) is 8.11. The maximum atomic E-state index is 12.3. The van der Waals surface area contributed by atoms with Crippen LogP contribution in [0.2, 0.25) is 0 Å². The standard InChI is InChI=1S/C19H28N4O2/c1-21-9-14(6-7-18(21)24)10-22-11-15(12-22)13-23-19(25)8-16-4-2-3-5-17(16)20-23/h8,14-15H,2-7,9-13H2,1H3. The minimum absolute atomic E-state index is 0.0616. The molecule has 6 heteroatoms. The fraction of sp³-hybridized carbons (Fsp3) is 0.737. The topological polar surface area (TPSA) is 58.4 Å². The van der Waals surface area contributed by atoms with Crippen molar-refractivity contribution in [2.75, 3.05) is 33.2 Å². The molecule has 0 bridgehead atoms. The molecule has 1 unspecified atom stereocenters. The number of piperidine rings is 1. The van der Waals surface area contributed by atoms with Crippen LogP contribution in [0.5, 0.6) is 0 Å². The lowest BCUT2D eigenvalue weighted by atomic mass is 9.93. The molecule has 1 atom stereocenters. The minimum Gasteiger partial charge on any atom is -0.345 e. The molecule has 1 aliphatic carbocycles. The van der Waals surface area contributed by atoms with E-state index in [2.05, 4.69) is 10.00 Å². The Bertz CT molecular complexity index is 708. The van der Waals surface area contributed by atoms with Gasteiger partial charge in [0.15, 0.2) is 0 Å². The van der Waals surface area contributed by atoms with E-state index in [1.807, 2.05) is 18.0 Å². The van der Waals surface area contributed by atoms with E-state index in [1.165, 1.54) is 18.4 Å². The van der Waals surface area contributed by atoms with Crippen molar-refractivity contribution in [3.8, 4) is 0 Å². The van der Waals surface area contributed by atoms with Crippen molar-refractivity contribution in [2.45, 2.75) is 45.1 Å². The van der Waals surface area contributed by atoms with Gasteiger partial charge in [0.1, 0.15) is 0 Å². The Balaban J connectivity index is 1.29. The van der Waals surface area contributed by atoms with E-state index >= 15 is 0 Å². The fourth-order valence-electron chi connectivity index (χ4n) is 4.53. The Labute approximate surface area is 148 Å². The van der Waals surface area contributed by atoms with E-state index < -0.39 is 0 Å². The van der Waals surface area contributed by atoms with Gasteiger partial charge in [0.05, 0.1) is 12.2 Å². The van der Waals surface area contributed by atoms with Crippen LogP contribution in [-0.4, -0.2) is 58.7 Å². The maximum absolute atomic E-state index is 12.3. The van der Waals surface area contributed by atoms with Crippen LogP contribution in [0.3, 0.4) is 0 Å².